The number of thioether (sulfide) groups is 1. The van der Waals surface area contributed by atoms with E-state index in [-0.39, 0.29) is 17.4 Å². The SMILES string of the molecule is Cc1ccccc1-n1cnnc1SCC(=O)N1C(C)(C)CC(=O)CC1(C)C. The number of amides is 1. The minimum atomic E-state index is -0.486. The third-order valence-electron chi connectivity index (χ3n) is 4.94. The van der Waals surface area contributed by atoms with E-state index in [1.807, 2.05) is 68.4 Å². The average Bonchev–Trinajstić information content (AvgIpc) is 2.98. The molecule has 0 aliphatic carbocycles. The normalized spacial score (nSPS) is 18.6. The quantitative estimate of drug-likeness (QED) is 0.753. The van der Waals surface area contributed by atoms with E-state index < -0.39 is 11.1 Å². The fourth-order valence-electron chi connectivity index (χ4n) is 4.19. The molecule has 2 aromatic rings. The molecule has 1 saturated heterocycles. The molecule has 1 amide bonds. The Kier molecular flexibility index (Phi) is 5.16. The maximum atomic E-state index is 13.1. The van der Waals surface area contributed by atoms with Gasteiger partial charge in [-0.1, -0.05) is 30.0 Å². The van der Waals surface area contributed by atoms with Crippen molar-refractivity contribution in [2.24, 2.45) is 0 Å². The summed E-state index contributed by atoms with van der Waals surface area (Å²) in [5.41, 5.74) is 1.14. The smallest absolute Gasteiger partial charge is 0.233 e. The van der Waals surface area contributed by atoms with Gasteiger partial charge >= 0.3 is 0 Å². The van der Waals surface area contributed by atoms with Crippen molar-refractivity contribution in [2.75, 3.05) is 5.75 Å². The molecule has 144 valence electrons. The van der Waals surface area contributed by atoms with Gasteiger partial charge in [0.25, 0.3) is 0 Å². The zero-order valence-corrected chi connectivity index (χ0v) is 17.3. The highest BCUT2D eigenvalue weighted by Crippen LogP contribution is 2.37. The van der Waals surface area contributed by atoms with Gasteiger partial charge in [-0.3, -0.25) is 14.2 Å². The number of aromatic nitrogens is 3. The molecular formula is C20H26N4O2S. The van der Waals surface area contributed by atoms with Gasteiger partial charge in [0.15, 0.2) is 5.16 Å². The molecule has 0 bridgehead atoms. The Morgan fingerprint density at radius 1 is 1.15 bits per heavy atom. The highest BCUT2D eigenvalue weighted by atomic mass is 32.2. The van der Waals surface area contributed by atoms with Crippen LogP contribution in [0.15, 0.2) is 35.7 Å². The van der Waals surface area contributed by atoms with Crippen LogP contribution in [-0.4, -0.2) is 48.2 Å². The molecule has 0 atom stereocenters. The molecule has 0 saturated carbocycles. The Morgan fingerprint density at radius 2 is 1.78 bits per heavy atom. The first-order valence-corrected chi connectivity index (χ1v) is 10.0. The zero-order valence-electron chi connectivity index (χ0n) is 16.5. The van der Waals surface area contributed by atoms with Crippen molar-refractivity contribution in [3.05, 3.63) is 36.2 Å². The van der Waals surface area contributed by atoms with Gasteiger partial charge in [-0.2, -0.15) is 0 Å². The number of hydrogen-bond acceptors (Lipinski definition) is 5. The molecule has 6 nitrogen and oxygen atoms in total. The molecule has 27 heavy (non-hydrogen) atoms. The Hall–Kier alpha value is -2.15. The van der Waals surface area contributed by atoms with Crippen LogP contribution in [0.25, 0.3) is 5.69 Å². The second kappa shape index (κ2) is 7.11. The number of hydrogen-bond donors (Lipinski definition) is 0. The van der Waals surface area contributed by atoms with Crippen molar-refractivity contribution in [3.63, 3.8) is 0 Å². The predicted molar refractivity (Wildman–Crippen MR) is 106 cm³/mol. The van der Waals surface area contributed by atoms with E-state index in [0.717, 1.165) is 11.3 Å². The van der Waals surface area contributed by atoms with Crippen molar-refractivity contribution < 1.29 is 9.59 Å². The van der Waals surface area contributed by atoms with Gasteiger partial charge in [-0.15, -0.1) is 10.2 Å². The van der Waals surface area contributed by atoms with Gasteiger partial charge in [0.1, 0.15) is 12.1 Å². The van der Waals surface area contributed by atoms with E-state index in [1.54, 1.807) is 6.33 Å². The lowest BCUT2D eigenvalue weighted by atomic mass is 9.79. The van der Waals surface area contributed by atoms with Crippen molar-refractivity contribution in [1.82, 2.24) is 19.7 Å². The van der Waals surface area contributed by atoms with Gasteiger partial charge in [0.2, 0.25) is 5.91 Å². The second-order valence-electron chi connectivity index (χ2n) is 8.30. The van der Waals surface area contributed by atoms with E-state index in [0.29, 0.717) is 18.0 Å². The average molecular weight is 387 g/mol. The molecule has 1 aromatic heterocycles. The molecule has 0 radical (unpaired) electrons. The van der Waals surface area contributed by atoms with Crippen LogP contribution in [0.2, 0.25) is 0 Å². The number of rotatable bonds is 4. The molecule has 3 rings (SSSR count). The molecule has 0 spiro atoms. The standard InChI is InChI=1S/C20H26N4O2S/c1-14-8-6-7-9-16(14)23-13-21-22-18(23)27-12-17(26)24-19(2,3)10-15(25)11-20(24,4)5/h6-9,13H,10-12H2,1-5H3. The second-order valence-corrected chi connectivity index (χ2v) is 9.25. The number of carbonyl (C=O) groups is 2. The minimum absolute atomic E-state index is 0.0156. The van der Waals surface area contributed by atoms with Crippen LogP contribution in [0, 0.1) is 6.92 Å². The first kappa shape index (κ1) is 19.6. The lowest BCUT2D eigenvalue weighted by molar-refractivity contribution is -0.151. The van der Waals surface area contributed by atoms with Crippen molar-refractivity contribution in [1.29, 1.82) is 0 Å². The predicted octanol–water partition coefficient (Wildman–Crippen LogP) is 3.42. The maximum Gasteiger partial charge on any atom is 0.233 e. The summed E-state index contributed by atoms with van der Waals surface area (Å²) >= 11 is 1.37. The van der Waals surface area contributed by atoms with Gasteiger partial charge in [-0.25, -0.2) is 0 Å². The summed E-state index contributed by atoms with van der Waals surface area (Å²) in [4.78, 5) is 27.0. The molecule has 1 aliphatic heterocycles. The topological polar surface area (TPSA) is 68.1 Å². The fraction of sp³-hybridized carbons (Fsp3) is 0.500. The van der Waals surface area contributed by atoms with E-state index in [2.05, 4.69) is 10.2 Å². The Labute approximate surface area is 164 Å². The van der Waals surface area contributed by atoms with Crippen LogP contribution in [0.1, 0.15) is 46.1 Å². The first-order chi connectivity index (χ1) is 12.6. The lowest BCUT2D eigenvalue weighted by Gasteiger charge is -2.52. The molecule has 0 N–H and O–H groups in total. The Bertz CT molecular complexity index is 852. The summed E-state index contributed by atoms with van der Waals surface area (Å²) < 4.78 is 1.91. The summed E-state index contributed by atoms with van der Waals surface area (Å²) in [6.45, 7) is 9.88. The summed E-state index contributed by atoms with van der Waals surface area (Å²) in [5.74, 6) is 0.480. The number of para-hydroxylation sites is 1. The number of piperidine rings is 1. The summed E-state index contributed by atoms with van der Waals surface area (Å²) in [6.07, 6.45) is 2.46. The zero-order chi connectivity index (χ0) is 19.8. The largest absolute Gasteiger partial charge is 0.331 e. The third kappa shape index (κ3) is 3.93. The molecule has 0 unspecified atom stereocenters. The molecule has 1 aromatic carbocycles. The highest BCUT2D eigenvalue weighted by Gasteiger charge is 2.47. The van der Waals surface area contributed by atoms with Crippen LogP contribution >= 0.6 is 11.8 Å². The van der Waals surface area contributed by atoms with E-state index >= 15 is 0 Å². The monoisotopic (exact) mass is 386 g/mol. The van der Waals surface area contributed by atoms with Crippen LogP contribution in [-0.2, 0) is 9.59 Å². The van der Waals surface area contributed by atoms with E-state index in [1.165, 1.54) is 11.8 Å². The number of nitrogens with zero attached hydrogens (tertiary/aromatic N) is 4. The summed E-state index contributed by atoms with van der Waals surface area (Å²) in [7, 11) is 0. The van der Waals surface area contributed by atoms with E-state index in [9.17, 15) is 9.59 Å². The van der Waals surface area contributed by atoms with Crippen molar-refractivity contribution in [3.8, 4) is 5.69 Å². The molecule has 1 aliphatic rings. The van der Waals surface area contributed by atoms with Crippen LogP contribution in [0.4, 0.5) is 0 Å². The molecular weight excluding hydrogens is 360 g/mol. The first-order valence-electron chi connectivity index (χ1n) is 9.05. The number of likely N-dealkylation sites (tertiary alicyclic amines) is 1. The van der Waals surface area contributed by atoms with Crippen molar-refractivity contribution in [2.45, 2.75) is 63.7 Å². The number of aryl methyl sites for hydroxylation is 1. The molecule has 7 heteroatoms. The number of ketones is 1. The Balaban J connectivity index is 1.78. The van der Waals surface area contributed by atoms with E-state index in [4.69, 9.17) is 0 Å². The Morgan fingerprint density at radius 3 is 2.41 bits per heavy atom. The minimum Gasteiger partial charge on any atom is -0.331 e. The summed E-state index contributed by atoms with van der Waals surface area (Å²) in [5, 5.41) is 8.89. The van der Waals surface area contributed by atoms with Crippen LogP contribution < -0.4 is 0 Å². The number of Topliss-reactive ketones (excluding diaryl/α,β-unsaturated/α-hetero) is 1. The molecule has 2 heterocycles. The van der Waals surface area contributed by atoms with Crippen molar-refractivity contribution >= 4 is 23.5 Å². The van der Waals surface area contributed by atoms with Gasteiger partial charge in [-0.05, 0) is 46.2 Å². The highest BCUT2D eigenvalue weighted by molar-refractivity contribution is 7.99. The maximum absolute atomic E-state index is 13.1. The van der Waals surface area contributed by atoms with Crippen LogP contribution in [0.3, 0.4) is 0 Å². The molecule has 1 fully saturated rings. The third-order valence-corrected chi connectivity index (χ3v) is 5.86. The van der Waals surface area contributed by atoms with Gasteiger partial charge in [0, 0.05) is 23.9 Å². The number of benzene rings is 1. The van der Waals surface area contributed by atoms with Gasteiger partial charge < -0.3 is 4.90 Å². The summed E-state index contributed by atoms with van der Waals surface area (Å²) in [6, 6.07) is 8.00. The number of carbonyl (C=O) groups excluding carboxylic acids is 2. The van der Waals surface area contributed by atoms with Crippen LogP contribution in [0.5, 0.6) is 0 Å². The fourth-order valence-corrected chi connectivity index (χ4v) is 4.96. The van der Waals surface area contributed by atoms with Gasteiger partial charge in [0.05, 0.1) is 11.4 Å². The lowest BCUT2D eigenvalue weighted by Crippen LogP contribution is -2.63.